The number of amides is 1. The van der Waals surface area contributed by atoms with Gasteiger partial charge in [0.1, 0.15) is 11.6 Å². The molecule has 2 aromatic rings. The fraction of sp³-hybridized carbons (Fsp3) is 0.308. The second-order valence-corrected chi connectivity index (χ2v) is 6.98. The van der Waals surface area contributed by atoms with Gasteiger partial charge in [0, 0.05) is 0 Å². The van der Waals surface area contributed by atoms with Gasteiger partial charge in [-0.1, -0.05) is 40.8 Å². The minimum atomic E-state index is -0.0899. The Morgan fingerprint density at radius 1 is 1.62 bits per heavy atom. The lowest BCUT2D eigenvalue weighted by Crippen LogP contribution is -2.43. The standard InChI is InChI=1S/C13H12ClN3O2S2/c1-8-5-17(10-4-2-3-9(14)12(10)19-8)11(18)6-20-13-16-15-7-21-13/h2-4,7-8H,5-6H2,1H3. The molecule has 0 N–H and O–H groups in total. The third-order valence-corrected chi connectivity index (χ3v) is 5.10. The molecule has 1 aliphatic rings. The number of nitrogens with zero attached hydrogens (tertiary/aromatic N) is 3. The fourth-order valence-electron chi connectivity index (χ4n) is 2.08. The van der Waals surface area contributed by atoms with Crippen molar-refractivity contribution in [3.8, 4) is 5.75 Å². The normalized spacial score (nSPS) is 17.2. The summed E-state index contributed by atoms with van der Waals surface area (Å²) in [6.07, 6.45) is -0.0899. The molecule has 21 heavy (non-hydrogen) atoms. The molecule has 0 spiro atoms. The van der Waals surface area contributed by atoms with Crippen LogP contribution in [0.1, 0.15) is 6.92 Å². The van der Waals surface area contributed by atoms with Crippen molar-refractivity contribution in [1.29, 1.82) is 0 Å². The molecule has 1 aromatic heterocycles. The van der Waals surface area contributed by atoms with Crippen molar-refractivity contribution in [3.05, 3.63) is 28.7 Å². The molecule has 1 aromatic carbocycles. The number of anilines is 1. The molecule has 110 valence electrons. The Morgan fingerprint density at radius 3 is 3.24 bits per heavy atom. The number of aromatic nitrogens is 2. The number of fused-ring (bicyclic) bond motifs is 1. The molecule has 1 unspecified atom stereocenters. The zero-order valence-electron chi connectivity index (χ0n) is 11.2. The second kappa shape index (κ2) is 6.21. The summed E-state index contributed by atoms with van der Waals surface area (Å²) in [5.41, 5.74) is 2.38. The second-order valence-electron chi connectivity index (χ2n) is 4.51. The van der Waals surface area contributed by atoms with Crippen LogP contribution in [-0.4, -0.2) is 34.5 Å². The molecule has 0 saturated heterocycles. The summed E-state index contributed by atoms with van der Waals surface area (Å²) in [5.74, 6) is 0.898. The molecule has 0 fully saturated rings. The number of para-hydroxylation sites is 1. The molecular weight excluding hydrogens is 330 g/mol. The van der Waals surface area contributed by atoms with E-state index in [9.17, 15) is 4.79 Å². The van der Waals surface area contributed by atoms with E-state index in [1.807, 2.05) is 19.1 Å². The number of carbonyl (C=O) groups excluding carboxylic acids is 1. The average Bonchev–Trinajstić information content (AvgIpc) is 2.98. The van der Waals surface area contributed by atoms with Gasteiger partial charge in [-0.3, -0.25) is 4.79 Å². The van der Waals surface area contributed by atoms with Crippen molar-refractivity contribution in [3.63, 3.8) is 0 Å². The van der Waals surface area contributed by atoms with E-state index in [1.165, 1.54) is 23.1 Å². The van der Waals surface area contributed by atoms with Gasteiger partial charge in [0.05, 0.1) is 23.0 Å². The molecule has 0 radical (unpaired) electrons. The first kappa shape index (κ1) is 14.6. The van der Waals surface area contributed by atoms with Gasteiger partial charge in [-0.05, 0) is 19.1 Å². The minimum Gasteiger partial charge on any atom is -0.485 e. The van der Waals surface area contributed by atoms with Crippen molar-refractivity contribution < 1.29 is 9.53 Å². The molecule has 5 nitrogen and oxygen atoms in total. The van der Waals surface area contributed by atoms with Crippen LogP contribution in [0.25, 0.3) is 0 Å². The van der Waals surface area contributed by atoms with Crippen LogP contribution in [0, 0.1) is 0 Å². The Labute approximate surface area is 135 Å². The van der Waals surface area contributed by atoms with E-state index in [0.29, 0.717) is 23.1 Å². The first-order chi connectivity index (χ1) is 10.1. The van der Waals surface area contributed by atoms with Crippen LogP contribution in [0.15, 0.2) is 28.0 Å². The number of thioether (sulfide) groups is 1. The van der Waals surface area contributed by atoms with Gasteiger partial charge in [-0.25, -0.2) is 0 Å². The number of ether oxygens (including phenoxy) is 1. The van der Waals surface area contributed by atoms with Crippen LogP contribution in [0.4, 0.5) is 5.69 Å². The SMILES string of the molecule is CC1CN(C(=O)CSc2nncs2)c2cccc(Cl)c2O1. The number of halogens is 1. The molecular formula is C13H12ClN3O2S2. The summed E-state index contributed by atoms with van der Waals surface area (Å²) >= 11 is 8.96. The van der Waals surface area contributed by atoms with Crippen molar-refractivity contribution >= 4 is 46.3 Å². The molecule has 8 heteroatoms. The summed E-state index contributed by atoms with van der Waals surface area (Å²) < 4.78 is 6.53. The lowest BCUT2D eigenvalue weighted by atomic mass is 10.2. The van der Waals surface area contributed by atoms with E-state index >= 15 is 0 Å². The highest BCUT2D eigenvalue weighted by molar-refractivity contribution is 8.01. The maximum Gasteiger partial charge on any atom is 0.237 e. The zero-order chi connectivity index (χ0) is 14.8. The highest BCUT2D eigenvalue weighted by atomic mass is 35.5. The largest absolute Gasteiger partial charge is 0.485 e. The van der Waals surface area contributed by atoms with Crippen molar-refractivity contribution in [1.82, 2.24) is 10.2 Å². The maximum atomic E-state index is 12.5. The van der Waals surface area contributed by atoms with E-state index in [-0.39, 0.29) is 12.0 Å². The minimum absolute atomic E-state index is 0.00821. The summed E-state index contributed by atoms with van der Waals surface area (Å²) in [6.45, 7) is 2.44. The van der Waals surface area contributed by atoms with Gasteiger partial charge in [0.2, 0.25) is 5.91 Å². The van der Waals surface area contributed by atoms with Crippen LogP contribution >= 0.6 is 34.7 Å². The highest BCUT2D eigenvalue weighted by Crippen LogP contribution is 2.39. The molecule has 0 aliphatic carbocycles. The third kappa shape index (κ3) is 3.14. The lowest BCUT2D eigenvalue weighted by Gasteiger charge is -2.33. The number of hydrogen-bond acceptors (Lipinski definition) is 6. The number of benzene rings is 1. The van der Waals surface area contributed by atoms with Gasteiger partial charge in [0.25, 0.3) is 0 Å². The number of rotatable bonds is 3. The Bertz CT molecular complexity index is 651. The van der Waals surface area contributed by atoms with Crippen LogP contribution in [0.5, 0.6) is 5.75 Å². The van der Waals surface area contributed by atoms with E-state index in [4.69, 9.17) is 16.3 Å². The fourth-order valence-corrected chi connectivity index (χ4v) is 3.66. The van der Waals surface area contributed by atoms with Gasteiger partial charge in [-0.15, -0.1) is 10.2 Å². The van der Waals surface area contributed by atoms with E-state index in [1.54, 1.807) is 16.5 Å². The molecule has 1 aliphatic heterocycles. The number of carbonyl (C=O) groups is 1. The number of hydrogen-bond donors (Lipinski definition) is 0. The van der Waals surface area contributed by atoms with E-state index in [2.05, 4.69) is 10.2 Å². The topological polar surface area (TPSA) is 55.3 Å². The predicted octanol–water partition coefficient (Wildman–Crippen LogP) is 3.10. The molecule has 1 amide bonds. The first-order valence-electron chi connectivity index (χ1n) is 6.29. The van der Waals surface area contributed by atoms with Crippen LogP contribution in [0.3, 0.4) is 0 Å². The Kier molecular flexibility index (Phi) is 4.32. The zero-order valence-corrected chi connectivity index (χ0v) is 13.5. The quantitative estimate of drug-likeness (QED) is 0.803. The van der Waals surface area contributed by atoms with Gasteiger partial charge in [-0.2, -0.15) is 0 Å². The van der Waals surface area contributed by atoms with Crippen molar-refractivity contribution in [2.24, 2.45) is 0 Å². The van der Waals surface area contributed by atoms with Gasteiger partial charge >= 0.3 is 0 Å². The summed E-state index contributed by atoms with van der Waals surface area (Å²) in [4.78, 5) is 14.2. The lowest BCUT2D eigenvalue weighted by molar-refractivity contribution is -0.116. The third-order valence-electron chi connectivity index (χ3n) is 2.96. The molecule has 0 saturated carbocycles. The molecule has 3 rings (SSSR count). The van der Waals surface area contributed by atoms with Crippen molar-refractivity contribution in [2.45, 2.75) is 17.4 Å². The van der Waals surface area contributed by atoms with Crippen LogP contribution < -0.4 is 9.64 Å². The highest BCUT2D eigenvalue weighted by Gasteiger charge is 2.29. The molecule has 2 heterocycles. The first-order valence-corrected chi connectivity index (χ1v) is 8.54. The van der Waals surface area contributed by atoms with E-state index < -0.39 is 0 Å². The predicted molar refractivity (Wildman–Crippen MR) is 84.5 cm³/mol. The Hall–Kier alpha value is -1.31. The van der Waals surface area contributed by atoms with Crippen LogP contribution in [0.2, 0.25) is 5.02 Å². The smallest absolute Gasteiger partial charge is 0.237 e. The van der Waals surface area contributed by atoms with Crippen LogP contribution in [-0.2, 0) is 4.79 Å². The Morgan fingerprint density at radius 2 is 2.48 bits per heavy atom. The van der Waals surface area contributed by atoms with Crippen molar-refractivity contribution in [2.75, 3.05) is 17.2 Å². The van der Waals surface area contributed by atoms with Gasteiger partial charge in [0.15, 0.2) is 10.1 Å². The molecule has 1 atom stereocenters. The van der Waals surface area contributed by atoms with Gasteiger partial charge < -0.3 is 9.64 Å². The molecule has 0 bridgehead atoms. The average molecular weight is 342 g/mol. The van der Waals surface area contributed by atoms with E-state index in [0.717, 1.165) is 10.0 Å². The monoisotopic (exact) mass is 341 g/mol. The maximum absolute atomic E-state index is 12.5. The summed E-state index contributed by atoms with van der Waals surface area (Å²) in [6, 6.07) is 5.43. The summed E-state index contributed by atoms with van der Waals surface area (Å²) in [5, 5.41) is 8.20. The Balaban J connectivity index is 1.79. The summed E-state index contributed by atoms with van der Waals surface area (Å²) in [7, 11) is 0.